The van der Waals surface area contributed by atoms with Crippen LogP contribution in [0.25, 0.3) is 0 Å². The Morgan fingerprint density at radius 2 is 1.38 bits per heavy atom. The Hall–Kier alpha value is -0.640. The van der Waals surface area contributed by atoms with Gasteiger partial charge in [-0.1, -0.05) is 68.1 Å². The molecule has 0 radical (unpaired) electrons. The fourth-order valence-electron chi connectivity index (χ4n) is 2.64. The lowest BCUT2D eigenvalue weighted by Gasteiger charge is -2.21. The van der Waals surface area contributed by atoms with Crippen LogP contribution in [0.5, 0.6) is 0 Å². The topological polar surface area (TPSA) is 12.0 Å². The number of hydrogen-bond donors (Lipinski definition) is 1. The van der Waals surface area contributed by atoms with Crippen molar-refractivity contribution in [2.45, 2.75) is 33.2 Å². The second kappa shape index (κ2) is 7.57. The molecule has 3 heteroatoms. The standard InChI is InChI=1S/C18H21Br2N/c1-4-5-21-18(14-7-12(2)6-13(3)8-14)15-9-16(19)11-17(20)10-15/h6-11,18,21H,4-5H2,1-3H3. The van der Waals surface area contributed by atoms with E-state index in [0.717, 1.165) is 21.9 Å². The molecule has 112 valence electrons. The molecule has 0 aliphatic heterocycles. The van der Waals surface area contributed by atoms with Gasteiger partial charge in [-0.15, -0.1) is 0 Å². The van der Waals surface area contributed by atoms with Crippen molar-refractivity contribution in [3.63, 3.8) is 0 Å². The number of aryl methyl sites for hydroxylation is 2. The van der Waals surface area contributed by atoms with Crippen molar-refractivity contribution < 1.29 is 0 Å². The van der Waals surface area contributed by atoms with Gasteiger partial charge in [-0.3, -0.25) is 0 Å². The molecule has 2 aromatic carbocycles. The maximum atomic E-state index is 3.67. The van der Waals surface area contributed by atoms with Crippen molar-refractivity contribution in [1.82, 2.24) is 5.32 Å². The Bertz CT molecular complexity index is 531. The second-order valence-corrected chi connectivity index (χ2v) is 7.34. The maximum absolute atomic E-state index is 3.67. The molecule has 0 aromatic heterocycles. The number of benzene rings is 2. The minimum Gasteiger partial charge on any atom is -0.306 e. The quantitative estimate of drug-likeness (QED) is 0.645. The fourth-order valence-corrected chi connectivity index (χ4v) is 3.96. The summed E-state index contributed by atoms with van der Waals surface area (Å²) in [5.41, 5.74) is 5.21. The highest BCUT2D eigenvalue weighted by molar-refractivity contribution is 9.11. The summed E-state index contributed by atoms with van der Waals surface area (Å²) in [4.78, 5) is 0. The zero-order valence-corrected chi connectivity index (χ0v) is 15.9. The van der Waals surface area contributed by atoms with Crippen molar-refractivity contribution in [2.24, 2.45) is 0 Å². The average molecular weight is 411 g/mol. The van der Waals surface area contributed by atoms with E-state index in [2.05, 4.69) is 94.3 Å². The monoisotopic (exact) mass is 409 g/mol. The lowest BCUT2D eigenvalue weighted by atomic mass is 9.95. The summed E-state index contributed by atoms with van der Waals surface area (Å²) in [6, 6.07) is 13.4. The molecule has 1 nitrogen and oxygen atoms in total. The molecule has 2 rings (SSSR count). The first-order valence-electron chi connectivity index (χ1n) is 7.27. The molecule has 21 heavy (non-hydrogen) atoms. The van der Waals surface area contributed by atoms with Crippen molar-refractivity contribution >= 4 is 31.9 Å². The molecule has 0 fully saturated rings. The maximum Gasteiger partial charge on any atom is 0.0577 e. The number of rotatable bonds is 5. The van der Waals surface area contributed by atoms with Crippen molar-refractivity contribution in [3.05, 3.63) is 67.6 Å². The van der Waals surface area contributed by atoms with E-state index in [0.29, 0.717) is 0 Å². The van der Waals surface area contributed by atoms with E-state index in [1.54, 1.807) is 0 Å². The van der Waals surface area contributed by atoms with Gasteiger partial charge in [-0.25, -0.2) is 0 Å². The summed E-state index contributed by atoms with van der Waals surface area (Å²) in [6.07, 6.45) is 1.12. The Morgan fingerprint density at radius 3 is 1.90 bits per heavy atom. The summed E-state index contributed by atoms with van der Waals surface area (Å²) in [5, 5.41) is 3.67. The third kappa shape index (κ3) is 4.67. The first kappa shape index (κ1) is 16.7. The second-order valence-electron chi connectivity index (χ2n) is 5.51. The van der Waals surface area contributed by atoms with Crippen LogP contribution < -0.4 is 5.32 Å². The minimum atomic E-state index is 0.220. The van der Waals surface area contributed by atoms with Crippen LogP contribution >= 0.6 is 31.9 Å². The summed E-state index contributed by atoms with van der Waals surface area (Å²) in [7, 11) is 0. The van der Waals surface area contributed by atoms with E-state index >= 15 is 0 Å². The zero-order chi connectivity index (χ0) is 15.4. The fraction of sp³-hybridized carbons (Fsp3) is 0.333. The van der Waals surface area contributed by atoms with Gasteiger partial charge in [0, 0.05) is 8.95 Å². The molecule has 0 bridgehead atoms. The van der Waals surface area contributed by atoms with E-state index in [1.165, 1.54) is 22.3 Å². The molecule has 2 aromatic rings. The molecule has 0 saturated carbocycles. The van der Waals surface area contributed by atoms with Crippen LogP contribution in [0.2, 0.25) is 0 Å². The van der Waals surface area contributed by atoms with Crippen LogP contribution in [0.4, 0.5) is 0 Å². The molecule has 1 atom stereocenters. The number of halogens is 2. The highest BCUT2D eigenvalue weighted by Gasteiger charge is 2.15. The van der Waals surface area contributed by atoms with E-state index in [9.17, 15) is 0 Å². The summed E-state index contributed by atoms with van der Waals surface area (Å²) in [5.74, 6) is 0. The van der Waals surface area contributed by atoms with Crippen LogP contribution in [0.15, 0.2) is 45.3 Å². The predicted molar refractivity (Wildman–Crippen MR) is 97.9 cm³/mol. The normalized spacial score (nSPS) is 12.4. The van der Waals surface area contributed by atoms with E-state index in [-0.39, 0.29) is 6.04 Å². The van der Waals surface area contributed by atoms with E-state index in [1.807, 2.05) is 0 Å². The van der Waals surface area contributed by atoms with Crippen molar-refractivity contribution in [1.29, 1.82) is 0 Å². The Morgan fingerprint density at radius 1 is 0.857 bits per heavy atom. The Kier molecular flexibility index (Phi) is 6.03. The Balaban J connectivity index is 2.46. The Labute approximate surface area is 144 Å². The summed E-state index contributed by atoms with van der Waals surface area (Å²) < 4.78 is 2.19. The first-order chi connectivity index (χ1) is 9.99. The molecule has 0 aliphatic carbocycles. The van der Waals surface area contributed by atoms with E-state index < -0.39 is 0 Å². The lowest BCUT2D eigenvalue weighted by Crippen LogP contribution is -2.23. The SMILES string of the molecule is CCCNC(c1cc(C)cc(C)c1)c1cc(Br)cc(Br)c1. The molecule has 0 saturated heterocycles. The van der Waals surface area contributed by atoms with Crippen LogP contribution in [0.1, 0.15) is 41.6 Å². The van der Waals surface area contributed by atoms with Gasteiger partial charge in [0.2, 0.25) is 0 Å². The van der Waals surface area contributed by atoms with Gasteiger partial charge in [0.1, 0.15) is 0 Å². The minimum absolute atomic E-state index is 0.220. The third-order valence-corrected chi connectivity index (χ3v) is 4.31. The van der Waals surface area contributed by atoms with Crippen molar-refractivity contribution in [3.8, 4) is 0 Å². The highest BCUT2D eigenvalue weighted by Crippen LogP contribution is 2.29. The van der Waals surface area contributed by atoms with Crippen LogP contribution in [-0.4, -0.2) is 6.54 Å². The molecule has 0 heterocycles. The van der Waals surface area contributed by atoms with Gasteiger partial charge in [0.05, 0.1) is 6.04 Å². The number of nitrogens with one attached hydrogen (secondary N) is 1. The van der Waals surface area contributed by atoms with Crippen LogP contribution in [0, 0.1) is 13.8 Å². The summed E-state index contributed by atoms with van der Waals surface area (Å²) in [6.45, 7) is 7.51. The molecule has 0 amide bonds. The molecule has 1 N–H and O–H groups in total. The van der Waals surface area contributed by atoms with Gasteiger partial charge in [0.25, 0.3) is 0 Å². The van der Waals surface area contributed by atoms with Crippen LogP contribution in [0.3, 0.4) is 0 Å². The molecular formula is C18H21Br2N. The highest BCUT2D eigenvalue weighted by atomic mass is 79.9. The lowest BCUT2D eigenvalue weighted by molar-refractivity contribution is 0.597. The third-order valence-electron chi connectivity index (χ3n) is 3.39. The smallest absolute Gasteiger partial charge is 0.0577 e. The van der Waals surface area contributed by atoms with Crippen molar-refractivity contribution in [2.75, 3.05) is 6.54 Å². The number of hydrogen-bond acceptors (Lipinski definition) is 1. The van der Waals surface area contributed by atoms with E-state index in [4.69, 9.17) is 0 Å². The average Bonchev–Trinajstić information content (AvgIpc) is 2.37. The van der Waals surface area contributed by atoms with Gasteiger partial charge >= 0.3 is 0 Å². The predicted octanol–water partition coefficient (Wildman–Crippen LogP) is 5.92. The van der Waals surface area contributed by atoms with Crippen LogP contribution in [-0.2, 0) is 0 Å². The zero-order valence-electron chi connectivity index (χ0n) is 12.7. The first-order valence-corrected chi connectivity index (χ1v) is 8.85. The molecular weight excluding hydrogens is 390 g/mol. The summed E-state index contributed by atoms with van der Waals surface area (Å²) >= 11 is 7.19. The van der Waals surface area contributed by atoms with Gasteiger partial charge in [-0.2, -0.15) is 0 Å². The van der Waals surface area contributed by atoms with Gasteiger partial charge in [-0.05, 0) is 56.1 Å². The molecule has 1 unspecified atom stereocenters. The molecule has 0 aliphatic rings. The largest absolute Gasteiger partial charge is 0.306 e. The van der Waals surface area contributed by atoms with Gasteiger partial charge < -0.3 is 5.32 Å². The van der Waals surface area contributed by atoms with Gasteiger partial charge in [0.15, 0.2) is 0 Å². The molecule has 0 spiro atoms.